The number of carbonyl (C=O) groups excluding carboxylic acids is 1. The number of rotatable bonds is 6. The van der Waals surface area contributed by atoms with E-state index < -0.39 is 0 Å². The molecule has 0 unspecified atom stereocenters. The molecule has 1 aliphatic carbocycles. The van der Waals surface area contributed by atoms with Crippen molar-refractivity contribution in [1.82, 2.24) is 9.88 Å². The molecule has 1 aromatic heterocycles. The van der Waals surface area contributed by atoms with Gasteiger partial charge in [0.15, 0.2) is 5.13 Å². The van der Waals surface area contributed by atoms with Crippen LogP contribution in [0.4, 0.5) is 5.13 Å². The summed E-state index contributed by atoms with van der Waals surface area (Å²) in [5.41, 5.74) is 0.967. The molecule has 0 radical (unpaired) electrons. The van der Waals surface area contributed by atoms with E-state index in [1.165, 1.54) is 43.9 Å². The van der Waals surface area contributed by atoms with E-state index in [1.807, 2.05) is 5.38 Å². The number of aliphatic hydroxyl groups is 1. The molecule has 1 saturated carbocycles. The molecule has 1 aliphatic rings. The first kappa shape index (κ1) is 14.4. The van der Waals surface area contributed by atoms with Crippen LogP contribution in [0.25, 0.3) is 0 Å². The van der Waals surface area contributed by atoms with Gasteiger partial charge in [-0.25, -0.2) is 4.98 Å². The molecule has 2 rings (SSSR count). The molecule has 0 spiro atoms. The summed E-state index contributed by atoms with van der Waals surface area (Å²) in [7, 11) is 0. The van der Waals surface area contributed by atoms with Crippen LogP contribution >= 0.6 is 11.3 Å². The number of amides is 1. The number of carbonyl (C=O) groups is 1. The molecule has 19 heavy (non-hydrogen) atoms. The van der Waals surface area contributed by atoms with Crippen molar-refractivity contribution in [3.05, 3.63) is 11.1 Å². The fourth-order valence-electron chi connectivity index (χ4n) is 2.58. The van der Waals surface area contributed by atoms with Crippen LogP contribution < -0.4 is 5.32 Å². The summed E-state index contributed by atoms with van der Waals surface area (Å²) >= 11 is 1.45. The van der Waals surface area contributed by atoms with E-state index >= 15 is 0 Å². The van der Waals surface area contributed by atoms with Crippen LogP contribution in [0.1, 0.15) is 38.3 Å². The molecule has 0 aliphatic heterocycles. The molecule has 5 nitrogen and oxygen atoms in total. The number of nitrogens with zero attached hydrogens (tertiary/aromatic N) is 2. The van der Waals surface area contributed by atoms with Crippen molar-refractivity contribution < 1.29 is 9.90 Å². The van der Waals surface area contributed by atoms with Gasteiger partial charge in [0, 0.05) is 31.4 Å². The van der Waals surface area contributed by atoms with Gasteiger partial charge >= 0.3 is 0 Å². The molecule has 0 aromatic carbocycles. The van der Waals surface area contributed by atoms with Crippen molar-refractivity contribution in [2.24, 2.45) is 0 Å². The molecule has 2 N–H and O–H groups in total. The molecular weight excluding hydrogens is 262 g/mol. The van der Waals surface area contributed by atoms with Crippen molar-refractivity contribution in [3.8, 4) is 0 Å². The van der Waals surface area contributed by atoms with E-state index in [1.54, 1.807) is 0 Å². The highest BCUT2D eigenvalue weighted by Crippen LogP contribution is 2.25. The zero-order valence-corrected chi connectivity index (χ0v) is 12.1. The molecule has 0 atom stereocenters. The lowest BCUT2D eigenvalue weighted by molar-refractivity contribution is -0.114. The topological polar surface area (TPSA) is 65.5 Å². The number of thiazole rings is 1. The predicted octanol–water partition coefficient (Wildman–Crippen LogP) is 1.84. The Bertz CT molecular complexity index is 416. The third-order valence-electron chi connectivity index (χ3n) is 3.43. The highest BCUT2D eigenvalue weighted by atomic mass is 32.1. The minimum atomic E-state index is -0.0936. The van der Waals surface area contributed by atoms with Gasteiger partial charge in [-0.15, -0.1) is 11.3 Å². The smallest absolute Gasteiger partial charge is 0.223 e. The van der Waals surface area contributed by atoms with Gasteiger partial charge < -0.3 is 10.4 Å². The van der Waals surface area contributed by atoms with Gasteiger partial charge in [0.2, 0.25) is 5.91 Å². The standard InChI is InChI=1S/C13H21N3O2S/c1-10(18)14-13-15-11(9-19-13)8-16(6-7-17)12-4-2-3-5-12/h9,12,17H,2-8H2,1H3,(H,14,15,18). The lowest BCUT2D eigenvalue weighted by Gasteiger charge is -2.27. The minimum absolute atomic E-state index is 0.0936. The average molecular weight is 283 g/mol. The predicted molar refractivity (Wildman–Crippen MR) is 76.2 cm³/mol. The average Bonchev–Trinajstić information content (AvgIpc) is 2.99. The van der Waals surface area contributed by atoms with Gasteiger partial charge in [0.25, 0.3) is 0 Å². The van der Waals surface area contributed by atoms with Crippen molar-refractivity contribution in [1.29, 1.82) is 0 Å². The summed E-state index contributed by atoms with van der Waals surface area (Å²) in [5.74, 6) is -0.0936. The van der Waals surface area contributed by atoms with E-state index in [-0.39, 0.29) is 12.5 Å². The molecule has 1 aromatic rings. The maximum Gasteiger partial charge on any atom is 0.223 e. The van der Waals surface area contributed by atoms with Crippen LogP contribution in [-0.2, 0) is 11.3 Å². The highest BCUT2D eigenvalue weighted by Gasteiger charge is 2.22. The minimum Gasteiger partial charge on any atom is -0.395 e. The molecule has 6 heteroatoms. The molecule has 1 fully saturated rings. The first-order valence-electron chi connectivity index (χ1n) is 6.76. The Labute approximate surface area is 117 Å². The first-order valence-corrected chi connectivity index (χ1v) is 7.64. The van der Waals surface area contributed by atoms with Gasteiger partial charge in [-0.2, -0.15) is 0 Å². The fraction of sp³-hybridized carbons (Fsp3) is 0.692. The third-order valence-corrected chi connectivity index (χ3v) is 4.23. The largest absolute Gasteiger partial charge is 0.395 e. The van der Waals surface area contributed by atoms with Crippen LogP contribution in [0.15, 0.2) is 5.38 Å². The summed E-state index contributed by atoms with van der Waals surface area (Å²) in [5, 5.41) is 14.5. The molecule has 0 saturated heterocycles. The van der Waals surface area contributed by atoms with E-state index in [2.05, 4.69) is 15.2 Å². The van der Waals surface area contributed by atoms with Crippen LogP contribution in [0.5, 0.6) is 0 Å². The second-order valence-electron chi connectivity index (χ2n) is 4.96. The molecular formula is C13H21N3O2S. The molecule has 0 bridgehead atoms. The van der Waals surface area contributed by atoms with Gasteiger partial charge in [-0.3, -0.25) is 9.69 Å². The summed E-state index contributed by atoms with van der Waals surface area (Å²) < 4.78 is 0. The quantitative estimate of drug-likeness (QED) is 0.836. The second kappa shape index (κ2) is 6.98. The Morgan fingerprint density at radius 2 is 2.32 bits per heavy atom. The Balaban J connectivity index is 1.95. The Morgan fingerprint density at radius 1 is 1.58 bits per heavy atom. The number of aliphatic hydroxyl groups excluding tert-OH is 1. The molecule has 1 heterocycles. The van der Waals surface area contributed by atoms with Crippen molar-refractivity contribution in [2.75, 3.05) is 18.5 Å². The van der Waals surface area contributed by atoms with Crippen molar-refractivity contribution in [3.63, 3.8) is 0 Å². The zero-order valence-electron chi connectivity index (χ0n) is 11.3. The van der Waals surface area contributed by atoms with E-state index in [0.29, 0.717) is 17.7 Å². The summed E-state index contributed by atoms with van der Waals surface area (Å²) in [4.78, 5) is 17.7. The van der Waals surface area contributed by atoms with E-state index in [9.17, 15) is 9.90 Å². The SMILES string of the molecule is CC(=O)Nc1nc(CN(CCO)C2CCCC2)cs1. The number of nitrogens with one attached hydrogen (secondary N) is 1. The number of hydrogen-bond acceptors (Lipinski definition) is 5. The number of aromatic nitrogens is 1. The van der Waals surface area contributed by atoms with Crippen LogP contribution in [-0.4, -0.2) is 40.1 Å². The van der Waals surface area contributed by atoms with Crippen molar-refractivity contribution >= 4 is 22.4 Å². The van der Waals surface area contributed by atoms with E-state index in [4.69, 9.17) is 0 Å². The van der Waals surface area contributed by atoms with Crippen molar-refractivity contribution in [2.45, 2.75) is 45.2 Å². The normalized spacial score (nSPS) is 16.2. The second-order valence-corrected chi connectivity index (χ2v) is 5.82. The zero-order chi connectivity index (χ0) is 13.7. The molecule has 1 amide bonds. The summed E-state index contributed by atoms with van der Waals surface area (Å²) in [6.07, 6.45) is 4.98. The van der Waals surface area contributed by atoms with Crippen LogP contribution in [0.2, 0.25) is 0 Å². The monoisotopic (exact) mass is 283 g/mol. The maximum atomic E-state index is 11.0. The Hall–Kier alpha value is -0.980. The first-order chi connectivity index (χ1) is 9.19. The Kier molecular flexibility index (Phi) is 5.30. The van der Waals surface area contributed by atoms with Gasteiger partial charge in [0.05, 0.1) is 12.3 Å². The number of anilines is 1. The summed E-state index contributed by atoms with van der Waals surface area (Å²) in [6.45, 7) is 3.11. The lowest BCUT2D eigenvalue weighted by atomic mass is 10.2. The summed E-state index contributed by atoms with van der Waals surface area (Å²) in [6, 6.07) is 0.568. The Morgan fingerprint density at radius 3 is 2.95 bits per heavy atom. The lowest BCUT2D eigenvalue weighted by Crippen LogP contribution is -2.35. The maximum absolute atomic E-state index is 11.0. The molecule has 106 valence electrons. The van der Waals surface area contributed by atoms with Crippen LogP contribution in [0, 0.1) is 0 Å². The van der Waals surface area contributed by atoms with Gasteiger partial charge in [0.1, 0.15) is 0 Å². The number of hydrogen-bond donors (Lipinski definition) is 2. The van der Waals surface area contributed by atoms with Gasteiger partial charge in [-0.05, 0) is 12.8 Å². The van der Waals surface area contributed by atoms with Crippen LogP contribution in [0.3, 0.4) is 0 Å². The van der Waals surface area contributed by atoms with E-state index in [0.717, 1.165) is 12.2 Å². The third kappa shape index (κ3) is 4.26. The highest BCUT2D eigenvalue weighted by molar-refractivity contribution is 7.13. The fourth-order valence-corrected chi connectivity index (χ4v) is 3.33. The van der Waals surface area contributed by atoms with Gasteiger partial charge in [-0.1, -0.05) is 12.8 Å².